The van der Waals surface area contributed by atoms with Crippen LogP contribution in [0.4, 0.5) is 0 Å². The summed E-state index contributed by atoms with van der Waals surface area (Å²) in [6.07, 6.45) is 0.723. The van der Waals surface area contributed by atoms with Gasteiger partial charge in [0.25, 0.3) is 0 Å². The summed E-state index contributed by atoms with van der Waals surface area (Å²) in [6.45, 7) is 1.99. The number of pyridine rings is 1. The number of hydrogen-bond acceptors (Lipinski definition) is 5. The number of rotatable bonds is 7. The summed E-state index contributed by atoms with van der Waals surface area (Å²) in [6, 6.07) is 15.0. The highest BCUT2D eigenvalue weighted by Crippen LogP contribution is 2.38. The molecule has 3 aromatic rings. The van der Waals surface area contributed by atoms with Crippen molar-refractivity contribution in [3.63, 3.8) is 0 Å². The van der Waals surface area contributed by atoms with Crippen molar-refractivity contribution < 1.29 is 19.4 Å². The fourth-order valence-electron chi connectivity index (χ4n) is 3.95. The molecule has 1 aromatic heterocycles. The Labute approximate surface area is 196 Å². The van der Waals surface area contributed by atoms with Crippen molar-refractivity contribution in [3.8, 4) is 5.75 Å². The van der Waals surface area contributed by atoms with Crippen LogP contribution in [0.1, 0.15) is 48.4 Å². The van der Waals surface area contributed by atoms with Gasteiger partial charge < -0.3 is 9.84 Å². The normalized spacial score (nSPS) is 15.5. The molecule has 1 aliphatic rings. The minimum absolute atomic E-state index is 0.0725. The molecule has 2 heterocycles. The van der Waals surface area contributed by atoms with Crippen molar-refractivity contribution in [2.75, 3.05) is 7.11 Å². The first-order chi connectivity index (χ1) is 15.9. The fraction of sp³-hybridized carbons (Fsp3) is 0.280. The molecule has 170 valence electrons. The first-order valence-electron chi connectivity index (χ1n) is 10.7. The Morgan fingerprint density at radius 1 is 1.15 bits per heavy atom. The third-order valence-electron chi connectivity index (χ3n) is 5.68. The molecule has 0 unspecified atom stereocenters. The number of fused-ring (bicyclic) bond motifs is 1. The van der Waals surface area contributed by atoms with Crippen LogP contribution in [0.25, 0.3) is 10.9 Å². The maximum atomic E-state index is 13.0. The zero-order chi connectivity index (χ0) is 23.5. The van der Waals surface area contributed by atoms with E-state index in [4.69, 9.17) is 21.4 Å². The minimum Gasteiger partial charge on any atom is -0.497 e. The van der Waals surface area contributed by atoms with Crippen LogP contribution in [-0.4, -0.2) is 39.8 Å². The minimum atomic E-state index is -0.930. The lowest BCUT2D eigenvalue weighted by Gasteiger charge is -2.23. The Hall–Kier alpha value is -3.45. The number of carbonyl (C=O) groups is 2. The number of carbonyl (C=O) groups excluding carboxylic acids is 1. The zero-order valence-electron chi connectivity index (χ0n) is 18.4. The van der Waals surface area contributed by atoms with Crippen LogP contribution in [0.2, 0.25) is 5.15 Å². The fourth-order valence-corrected chi connectivity index (χ4v) is 4.22. The van der Waals surface area contributed by atoms with Crippen LogP contribution in [0.5, 0.6) is 5.75 Å². The summed E-state index contributed by atoms with van der Waals surface area (Å²) < 4.78 is 5.23. The Kier molecular flexibility index (Phi) is 6.60. The highest BCUT2D eigenvalue weighted by molar-refractivity contribution is 6.30. The van der Waals surface area contributed by atoms with Gasteiger partial charge in [-0.05, 0) is 60.9 Å². The first kappa shape index (κ1) is 22.7. The summed E-state index contributed by atoms with van der Waals surface area (Å²) in [5, 5.41) is 16.2. The molecule has 1 amide bonds. The molecule has 1 aliphatic heterocycles. The summed E-state index contributed by atoms with van der Waals surface area (Å²) >= 11 is 6.59. The summed E-state index contributed by atoms with van der Waals surface area (Å²) in [5.41, 5.74) is 4.21. The molecule has 0 fully saturated rings. The number of aromatic nitrogens is 1. The van der Waals surface area contributed by atoms with E-state index in [1.54, 1.807) is 7.11 Å². The van der Waals surface area contributed by atoms with Gasteiger partial charge >= 0.3 is 5.97 Å². The van der Waals surface area contributed by atoms with Crippen LogP contribution < -0.4 is 4.74 Å². The highest BCUT2D eigenvalue weighted by atomic mass is 35.5. The second kappa shape index (κ2) is 9.58. The third kappa shape index (κ3) is 4.98. The van der Waals surface area contributed by atoms with E-state index in [1.807, 2.05) is 55.5 Å². The molecule has 1 N–H and O–H groups in total. The number of methoxy groups -OCH3 is 1. The van der Waals surface area contributed by atoms with Gasteiger partial charge in [-0.3, -0.25) is 9.59 Å². The molecular weight excluding hydrogens is 442 g/mol. The van der Waals surface area contributed by atoms with Crippen molar-refractivity contribution in [3.05, 3.63) is 70.4 Å². The van der Waals surface area contributed by atoms with Crippen LogP contribution in [0.15, 0.2) is 53.6 Å². The second-order valence-electron chi connectivity index (χ2n) is 8.05. The van der Waals surface area contributed by atoms with E-state index in [9.17, 15) is 9.59 Å². The molecular formula is C25H24ClN3O4. The number of nitrogens with zero attached hydrogens (tertiary/aromatic N) is 3. The van der Waals surface area contributed by atoms with E-state index in [-0.39, 0.29) is 25.2 Å². The van der Waals surface area contributed by atoms with Crippen LogP contribution >= 0.6 is 11.6 Å². The Bertz CT molecular complexity index is 1240. The first-order valence-corrected chi connectivity index (χ1v) is 11.1. The van der Waals surface area contributed by atoms with Gasteiger partial charge in [-0.25, -0.2) is 9.99 Å². The van der Waals surface area contributed by atoms with E-state index in [0.29, 0.717) is 17.1 Å². The maximum absolute atomic E-state index is 13.0. The van der Waals surface area contributed by atoms with E-state index < -0.39 is 12.0 Å². The quantitative estimate of drug-likeness (QED) is 0.488. The lowest BCUT2D eigenvalue weighted by molar-refractivity contribution is -0.137. The SMILES string of the molecule is COc1ccc(C2=NN(C(=O)CCCC(=O)O)[C@@H](c3cc4ccc(C)cc4nc3Cl)C2)cc1. The van der Waals surface area contributed by atoms with Gasteiger partial charge in [0.1, 0.15) is 10.9 Å². The number of carboxylic acid groups (broad SMARTS) is 1. The van der Waals surface area contributed by atoms with Crippen molar-refractivity contribution >= 4 is 40.1 Å². The number of aryl methyl sites for hydroxylation is 1. The lowest BCUT2D eigenvalue weighted by atomic mass is 9.98. The van der Waals surface area contributed by atoms with E-state index in [1.165, 1.54) is 5.01 Å². The number of hydrazone groups is 1. The van der Waals surface area contributed by atoms with Gasteiger partial charge in [0, 0.05) is 30.2 Å². The predicted octanol–water partition coefficient (Wildman–Crippen LogP) is 5.14. The van der Waals surface area contributed by atoms with E-state index in [0.717, 1.165) is 33.5 Å². The number of amides is 1. The van der Waals surface area contributed by atoms with Gasteiger partial charge in [-0.15, -0.1) is 0 Å². The summed E-state index contributed by atoms with van der Waals surface area (Å²) in [7, 11) is 1.60. The summed E-state index contributed by atoms with van der Waals surface area (Å²) in [4.78, 5) is 28.5. The predicted molar refractivity (Wildman–Crippen MR) is 127 cm³/mol. The van der Waals surface area contributed by atoms with Gasteiger partial charge in [0.15, 0.2) is 0 Å². The molecule has 33 heavy (non-hydrogen) atoms. The molecule has 0 saturated carbocycles. The number of ether oxygens (including phenoxy) is 1. The number of aliphatic carboxylic acids is 1. The number of hydrogen-bond donors (Lipinski definition) is 1. The zero-order valence-corrected chi connectivity index (χ0v) is 19.2. The molecule has 0 aliphatic carbocycles. The maximum Gasteiger partial charge on any atom is 0.303 e. The monoisotopic (exact) mass is 465 g/mol. The smallest absolute Gasteiger partial charge is 0.303 e. The van der Waals surface area contributed by atoms with E-state index in [2.05, 4.69) is 10.1 Å². The number of benzene rings is 2. The Morgan fingerprint density at radius 3 is 2.61 bits per heavy atom. The van der Waals surface area contributed by atoms with Crippen molar-refractivity contribution in [1.82, 2.24) is 9.99 Å². The number of carboxylic acids is 1. The van der Waals surface area contributed by atoms with Gasteiger partial charge in [0.05, 0.1) is 24.4 Å². The molecule has 1 atom stereocenters. The Balaban J connectivity index is 1.69. The lowest BCUT2D eigenvalue weighted by Crippen LogP contribution is -2.27. The average Bonchev–Trinajstić information content (AvgIpc) is 3.23. The molecule has 0 spiro atoms. The molecule has 4 rings (SSSR count). The van der Waals surface area contributed by atoms with Gasteiger partial charge in [0.2, 0.25) is 5.91 Å². The molecule has 0 saturated heterocycles. The van der Waals surface area contributed by atoms with Crippen molar-refractivity contribution in [1.29, 1.82) is 0 Å². The molecule has 7 nitrogen and oxygen atoms in total. The Morgan fingerprint density at radius 2 is 1.91 bits per heavy atom. The second-order valence-corrected chi connectivity index (χ2v) is 8.40. The van der Waals surface area contributed by atoms with Crippen LogP contribution in [-0.2, 0) is 9.59 Å². The highest BCUT2D eigenvalue weighted by Gasteiger charge is 2.34. The topological polar surface area (TPSA) is 92.1 Å². The number of halogens is 1. The van der Waals surface area contributed by atoms with Gasteiger partial charge in [-0.1, -0.05) is 23.7 Å². The van der Waals surface area contributed by atoms with Crippen molar-refractivity contribution in [2.24, 2.45) is 5.10 Å². The van der Waals surface area contributed by atoms with Crippen molar-refractivity contribution in [2.45, 2.75) is 38.6 Å². The van der Waals surface area contributed by atoms with Crippen LogP contribution in [0.3, 0.4) is 0 Å². The molecule has 0 radical (unpaired) electrons. The van der Waals surface area contributed by atoms with Gasteiger partial charge in [-0.2, -0.15) is 5.10 Å². The standard InChI is InChI=1S/C25H24ClN3O4/c1-15-6-7-17-13-19(25(26)27-20(17)12-15)22-14-21(16-8-10-18(33-2)11-9-16)28-29(22)23(30)4-3-5-24(31)32/h6-13,22H,3-5,14H2,1-2H3,(H,31,32)/t22-/m1/s1. The molecule has 8 heteroatoms. The summed E-state index contributed by atoms with van der Waals surface area (Å²) in [5.74, 6) is -0.447. The average molecular weight is 466 g/mol. The largest absolute Gasteiger partial charge is 0.497 e. The third-order valence-corrected chi connectivity index (χ3v) is 5.99. The van der Waals surface area contributed by atoms with Crippen LogP contribution in [0, 0.1) is 6.92 Å². The molecule has 0 bridgehead atoms. The molecule has 2 aromatic carbocycles. The van der Waals surface area contributed by atoms with E-state index >= 15 is 0 Å².